The molecule has 12 bridgehead atoms. The Hall–Kier alpha value is -3.79. The molecule has 0 N–H and O–H groups in total. The van der Waals surface area contributed by atoms with Crippen LogP contribution in [0.3, 0.4) is 0 Å². The molecule has 0 aromatic carbocycles. The van der Waals surface area contributed by atoms with Gasteiger partial charge in [-0.1, -0.05) is 20.8 Å². The monoisotopic (exact) mass is 973 g/mol. The molecule has 69 heavy (non-hydrogen) atoms. The van der Waals surface area contributed by atoms with Gasteiger partial charge < -0.3 is 42.6 Å². The Morgan fingerprint density at radius 3 is 1.58 bits per heavy atom. The molecule has 12 rings (SSSR count). The highest BCUT2D eigenvalue weighted by Crippen LogP contribution is 2.53. The zero-order chi connectivity index (χ0) is 50.1. The summed E-state index contributed by atoms with van der Waals surface area (Å²) in [5.74, 6) is 0.735. The van der Waals surface area contributed by atoms with Crippen LogP contribution in [0.1, 0.15) is 165 Å². The van der Waals surface area contributed by atoms with Crippen molar-refractivity contribution in [2.45, 2.75) is 201 Å². The lowest BCUT2D eigenvalue weighted by Gasteiger charge is -2.46. The van der Waals surface area contributed by atoms with Crippen LogP contribution in [0.4, 0.5) is 0 Å². The molecule has 6 heterocycles. The fourth-order valence-corrected chi connectivity index (χ4v) is 12.3. The lowest BCUT2D eigenvalue weighted by Crippen LogP contribution is -2.49. The van der Waals surface area contributed by atoms with Gasteiger partial charge in [0.05, 0.1) is 40.1 Å². The number of carbonyl (C=O) groups excluding carboxylic acids is 7. The minimum absolute atomic E-state index is 0.00435. The number of rotatable bonds is 16. The Balaban J connectivity index is 0.000000155. The van der Waals surface area contributed by atoms with Gasteiger partial charge in [0.2, 0.25) is 0 Å². The number of fused-ring (bicyclic) bond motifs is 3. The molecule has 6 aliphatic carbocycles. The van der Waals surface area contributed by atoms with E-state index in [1.54, 1.807) is 0 Å². The molecule has 0 amide bonds. The SMILES string of the molecule is CCC(C)(C)C(=O)OC12CC3CC(C1)OC(=O)C(C3)C2.CCC(C)(C)C(=O)OCCOC(=O)COC1C2CC3CC(C2)C(=O)OC1C3.CCC(C)(C)C(=O)OCOC1C2CC3CC(C2)C(=O)OC1C3. The van der Waals surface area contributed by atoms with E-state index in [1.165, 1.54) is 0 Å². The fraction of sp³-hybridized carbons (Fsp3) is 0.868. The summed E-state index contributed by atoms with van der Waals surface area (Å²) in [6.45, 7) is 16.9. The van der Waals surface area contributed by atoms with Crippen LogP contribution in [0.2, 0.25) is 0 Å². The van der Waals surface area contributed by atoms with Gasteiger partial charge in [-0.15, -0.1) is 0 Å². The van der Waals surface area contributed by atoms with Crippen LogP contribution in [0.5, 0.6) is 0 Å². The van der Waals surface area contributed by atoms with Crippen molar-refractivity contribution in [1.82, 2.24) is 0 Å². The molecule has 14 unspecified atom stereocenters. The van der Waals surface area contributed by atoms with Crippen molar-refractivity contribution in [1.29, 1.82) is 0 Å². The minimum Gasteiger partial charge on any atom is -0.462 e. The van der Waals surface area contributed by atoms with Gasteiger partial charge in [0.1, 0.15) is 49.8 Å². The molecule has 12 aliphatic rings. The first kappa shape index (κ1) is 53.0. The quantitative estimate of drug-likeness (QED) is 0.0628. The molecule has 6 saturated carbocycles. The molecule has 0 radical (unpaired) electrons. The molecule has 6 saturated heterocycles. The average Bonchev–Trinajstić information content (AvgIpc) is 3.66. The van der Waals surface area contributed by atoms with E-state index in [2.05, 4.69) is 0 Å². The average molecular weight is 973 g/mol. The van der Waals surface area contributed by atoms with Gasteiger partial charge in [0, 0.05) is 12.8 Å². The van der Waals surface area contributed by atoms with E-state index in [9.17, 15) is 33.6 Å². The van der Waals surface area contributed by atoms with Gasteiger partial charge >= 0.3 is 41.8 Å². The topological polar surface area (TPSA) is 203 Å². The van der Waals surface area contributed by atoms with Crippen LogP contribution < -0.4 is 0 Å². The third-order valence-electron chi connectivity index (χ3n) is 17.4. The maximum Gasteiger partial charge on any atom is 0.332 e. The van der Waals surface area contributed by atoms with Crippen LogP contribution in [0, 0.1) is 63.6 Å². The Labute approximate surface area is 408 Å². The van der Waals surface area contributed by atoms with E-state index in [4.69, 9.17) is 42.6 Å². The summed E-state index contributed by atoms with van der Waals surface area (Å²) >= 11 is 0. The van der Waals surface area contributed by atoms with Crippen molar-refractivity contribution in [3.8, 4) is 0 Å². The summed E-state index contributed by atoms with van der Waals surface area (Å²) < 4.78 is 49.8. The summed E-state index contributed by atoms with van der Waals surface area (Å²) in [6, 6.07) is 0. The number of hydrogen-bond acceptors (Lipinski definition) is 16. The number of hydrogen-bond donors (Lipinski definition) is 0. The summed E-state index contributed by atoms with van der Waals surface area (Å²) in [5.41, 5.74) is -1.94. The van der Waals surface area contributed by atoms with Crippen molar-refractivity contribution in [2.75, 3.05) is 26.6 Å². The van der Waals surface area contributed by atoms with Gasteiger partial charge in [-0.25, -0.2) is 4.79 Å². The first-order valence-corrected chi connectivity index (χ1v) is 26.1. The van der Waals surface area contributed by atoms with Crippen molar-refractivity contribution in [3.63, 3.8) is 0 Å². The predicted octanol–water partition coefficient (Wildman–Crippen LogP) is 7.77. The standard InChI is InChI=1S/C20H30O7.C17H26O5.C16H24O4/c1-4-20(2,3)19(23)25-6-5-24-16(21)11-26-17-13-7-12-8-14(10-13)18(22)27-15(17)9-12;1-4-17(2,3)16(19)21-9-20-14-11-5-10-6-12(8-11)15(18)22-13(14)7-10;1-4-15(2,3)14(18)20-16-7-10-5-11(8-16)13(17)19-12(6-10)9-16/h12-15,17H,4-11H2,1-3H3;10-14H,4-9H2,1-3H3;10-12H,4-9H2,1-3H3. The zero-order valence-electron chi connectivity index (χ0n) is 42.7. The van der Waals surface area contributed by atoms with Crippen molar-refractivity contribution >= 4 is 41.8 Å². The van der Waals surface area contributed by atoms with Crippen LogP contribution in [-0.4, -0.2) is 105 Å². The lowest BCUT2D eigenvalue weighted by atomic mass is 9.65. The highest BCUT2D eigenvalue weighted by atomic mass is 16.7. The normalized spacial score (nSPS) is 35.7. The Morgan fingerprint density at radius 1 is 0.522 bits per heavy atom. The number of esters is 7. The molecule has 0 aromatic rings. The first-order valence-electron chi connectivity index (χ1n) is 26.1. The van der Waals surface area contributed by atoms with E-state index in [0.717, 1.165) is 83.5 Å². The van der Waals surface area contributed by atoms with Crippen LogP contribution >= 0.6 is 0 Å². The van der Waals surface area contributed by atoms with Crippen LogP contribution in [-0.2, 0) is 76.2 Å². The van der Waals surface area contributed by atoms with Gasteiger partial charge in [0.25, 0.3) is 0 Å². The van der Waals surface area contributed by atoms with E-state index >= 15 is 0 Å². The second kappa shape index (κ2) is 21.5. The second-order valence-electron chi connectivity index (χ2n) is 23.8. The minimum atomic E-state index is -0.539. The van der Waals surface area contributed by atoms with Crippen molar-refractivity contribution in [3.05, 3.63) is 0 Å². The number of carbonyl (C=O) groups is 7. The predicted molar refractivity (Wildman–Crippen MR) is 246 cm³/mol. The largest absolute Gasteiger partial charge is 0.462 e. The van der Waals surface area contributed by atoms with Gasteiger partial charge in [-0.2, -0.15) is 0 Å². The highest BCUT2D eigenvalue weighted by Gasteiger charge is 2.56. The highest BCUT2D eigenvalue weighted by molar-refractivity contribution is 5.78. The fourth-order valence-electron chi connectivity index (χ4n) is 12.3. The molecule has 6 aliphatic heterocycles. The Morgan fingerprint density at radius 2 is 1.01 bits per heavy atom. The maximum atomic E-state index is 12.4. The van der Waals surface area contributed by atoms with Crippen molar-refractivity contribution in [2.24, 2.45) is 63.6 Å². The van der Waals surface area contributed by atoms with Gasteiger partial charge in [-0.05, 0) is 161 Å². The van der Waals surface area contributed by atoms with E-state index in [0.29, 0.717) is 42.9 Å². The smallest absolute Gasteiger partial charge is 0.332 e. The molecule has 12 fully saturated rings. The summed E-state index contributed by atoms with van der Waals surface area (Å²) in [7, 11) is 0. The molecular formula is C53H80O16. The third kappa shape index (κ3) is 12.5. The van der Waals surface area contributed by atoms with Gasteiger partial charge in [0.15, 0.2) is 6.79 Å². The van der Waals surface area contributed by atoms with E-state index in [1.807, 2.05) is 62.3 Å². The zero-order valence-corrected chi connectivity index (χ0v) is 42.7. The summed E-state index contributed by atoms with van der Waals surface area (Å²) in [5, 5.41) is 0. The van der Waals surface area contributed by atoms with Crippen LogP contribution in [0.15, 0.2) is 0 Å². The molecule has 0 spiro atoms. The van der Waals surface area contributed by atoms with E-state index in [-0.39, 0.29) is 117 Å². The third-order valence-corrected chi connectivity index (χ3v) is 17.4. The Kier molecular flexibility index (Phi) is 16.5. The molecule has 388 valence electrons. The molecule has 14 atom stereocenters. The summed E-state index contributed by atoms with van der Waals surface area (Å²) in [4.78, 5) is 84.2. The van der Waals surface area contributed by atoms with E-state index < -0.39 is 27.8 Å². The van der Waals surface area contributed by atoms with Crippen LogP contribution in [0.25, 0.3) is 0 Å². The lowest BCUT2D eigenvalue weighted by molar-refractivity contribution is -0.190. The molecule has 16 heteroatoms. The second-order valence-corrected chi connectivity index (χ2v) is 23.8. The Bertz CT molecular complexity index is 1910. The van der Waals surface area contributed by atoms with Crippen molar-refractivity contribution < 1.29 is 76.2 Å². The molecular weight excluding hydrogens is 893 g/mol. The van der Waals surface area contributed by atoms with Gasteiger partial charge in [-0.3, -0.25) is 28.8 Å². The first-order chi connectivity index (χ1) is 32.5. The molecule has 0 aromatic heterocycles. The number of ether oxygens (including phenoxy) is 9. The molecule has 16 nitrogen and oxygen atoms in total. The summed E-state index contributed by atoms with van der Waals surface area (Å²) in [6.07, 6.45) is 12.8. The maximum absolute atomic E-state index is 12.4.